The summed E-state index contributed by atoms with van der Waals surface area (Å²) in [6.07, 6.45) is -6.92. The van der Waals surface area contributed by atoms with Gasteiger partial charge in [0, 0.05) is 0 Å². The molecule has 0 saturated carbocycles. The second kappa shape index (κ2) is 2.91. The standard InChI is InChI=1S/C6H10O6/c7-1-2(8)4(10)6(12)5(11)3(1)9/h1-4,7-12H/t1-,2-,3-,4+/m1/s1. The number of hydrogen-bond acceptors (Lipinski definition) is 6. The van der Waals surface area contributed by atoms with E-state index in [0.717, 1.165) is 0 Å². The summed E-state index contributed by atoms with van der Waals surface area (Å²) in [7, 11) is 0. The van der Waals surface area contributed by atoms with Crippen LogP contribution in [-0.4, -0.2) is 55.1 Å². The smallest absolute Gasteiger partial charge is 0.164 e. The molecule has 6 heteroatoms. The van der Waals surface area contributed by atoms with Crippen molar-refractivity contribution in [2.75, 3.05) is 0 Å². The molecule has 0 bridgehead atoms. The minimum Gasteiger partial charge on any atom is -0.506 e. The first-order valence-corrected chi connectivity index (χ1v) is 3.31. The third kappa shape index (κ3) is 1.14. The van der Waals surface area contributed by atoms with Crippen LogP contribution in [0.4, 0.5) is 0 Å². The van der Waals surface area contributed by atoms with Gasteiger partial charge >= 0.3 is 0 Å². The fourth-order valence-corrected chi connectivity index (χ4v) is 1.00. The zero-order valence-electron chi connectivity index (χ0n) is 5.99. The number of aliphatic hydroxyl groups is 6. The van der Waals surface area contributed by atoms with Gasteiger partial charge in [-0.05, 0) is 0 Å². The van der Waals surface area contributed by atoms with Gasteiger partial charge in [0.05, 0.1) is 0 Å². The van der Waals surface area contributed by atoms with Gasteiger partial charge in [0.2, 0.25) is 0 Å². The van der Waals surface area contributed by atoms with Crippen LogP contribution in [0.25, 0.3) is 0 Å². The van der Waals surface area contributed by atoms with Crippen molar-refractivity contribution in [3.63, 3.8) is 0 Å². The predicted octanol–water partition coefficient (Wildman–Crippen LogP) is -2.23. The van der Waals surface area contributed by atoms with Crippen LogP contribution >= 0.6 is 0 Å². The highest BCUT2D eigenvalue weighted by Gasteiger charge is 2.41. The Hall–Kier alpha value is -0.820. The second-order valence-electron chi connectivity index (χ2n) is 2.64. The van der Waals surface area contributed by atoms with Gasteiger partial charge in [-0.3, -0.25) is 0 Å². The molecule has 0 aromatic carbocycles. The molecule has 6 nitrogen and oxygen atoms in total. The fourth-order valence-electron chi connectivity index (χ4n) is 1.00. The minimum absolute atomic E-state index is 0.916. The molecular formula is C6H10O6. The Balaban J connectivity index is 3.00. The number of hydrogen-bond donors (Lipinski definition) is 6. The first-order chi connectivity index (χ1) is 5.46. The second-order valence-corrected chi connectivity index (χ2v) is 2.64. The monoisotopic (exact) mass is 178 g/mol. The summed E-state index contributed by atoms with van der Waals surface area (Å²) in [6, 6.07) is 0. The van der Waals surface area contributed by atoms with Crippen LogP contribution in [0.5, 0.6) is 0 Å². The van der Waals surface area contributed by atoms with E-state index in [2.05, 4.69) is 0 Å². The Morgan fingerprint density at radius 2 is 0.917 bits per heavy atom. The first-order valence-electron chi connectivity index (χ1n) is 3.31. The molecule has 0 saturated heterocycles. The Labute approximate surface area is 67.6 Å². The molecule has 0 radical (unpaired) electrons. The molecule has 12 heavy (non-hydrogen) atoms. The van der Waals surface area contributed by atoms with Crippen molar-refractivity contribution >= 4 is 0 Å². The summed E-state index contributed by atoms with van der Waals surface area (Å²) in [5.41, 5.74) is 0. The van der Waals surface area contributed by atoms with Gasteiger partial charge in [-0.1, -0.05) is 0 Å². The normalized spacial score (nSPS) is 43.3. The summed E-state index contributed by atoms with van der Waals surface area (Å²) in [5.74, 6) is -1.83. The third-order valence-corrected chi connectivity index (χ3v) is 1.82. The quantitative estimate of drug-likeness (QED) is 0.250. The van der Waals surface area contributed by atoms with Crippen LogP contribution in [0.15, 0.2) is 11.5 Å². The maximum Gasteiger partial charge on any atom is 0.164 e. The van der Waals surface area contributed by atoms with Crippen LogP contribution in [-0.2, 0) is 0 Å². The Bertz CT molecular complexity index is 190. The molecule has 4 atom stereocenters. The van der Waals surface area contributed by atoms with E-state index in [0.29, 0.717) is 0 Å². The lowest BCUT2D eigenvalue weighted by Gasteiger charge is -2.31. The van der Waals surface area contributed by atoms with E-state index >= 15 is 0 Å². The maximum atomic E-state index is 8.94. The average Bonchev–Trinajstić information content (AvgIpc) is 2.08. The molecule has 0 aromatic rings. The largest absolute Gasteiger partial charge is 0.506 e. The van der Waals surface area contributed by atoms with E-state index < -0.39 is 35.9 Å². The fraction of sp³-hybridized carbons (Fsp3) is 0.667. The number of rotatable bonds is 0. The van der Waals surface area contributed by atoms with Gasteiger partial charge in [0.1, 0.15) is 24.4 Å². The topological polar surface area (TPSA) is 121 Å². The molecule has 0 aromatic heterocycles. The SMILES string of the molecule is OC1=C(O)[C@H](O)[C@H](O)[C@@H](O)[C@@H]1O. The lowest BCUT2D eigenvalue weighted by atomic mass is 9.93. The van der Waals surface area contributed by atoms with Gasteiger partial charge < -0.3 is 30.6 Å². The van der Waals surface area contributed by atoms with Crippen LogP contribution in [0.1, 0.15) is 0 Å². The van der Waals surface area contributed by atoms with Crippen molar-refractivity contribution in [2.45, 2.75) is 24.4 Å². The average molecular weight is 178 g/mol. The molecule has 0 heterocycles. The first kappa shape index (κ1) is 9.27. The summed E-state index contributed by atoms with van der Waals surface area (Å²) in [6.45, 7) is 0. The summed E-state index contributed by atoms with van der Waals surface area (Å²) in [4.78, 5) is 0. The minimum atomic E-state index is -1.76. The zero-order valence-corrected chi connectivity index (χ0v) is 5.99. The van der Waals surface area contributed by atoms with Gasteiger partial charge in [0.15, 0.2) is 11.5 Å². The van der Waals surface area contributed by atoms with Crippen molar-refractivity contribution in [3.8, 4) is 0 Å². The summed E-state index contributed by atoms with van der Waals surface area (Å²) >= 11 is 0. The lowest BCUT2D eigenvalue weighted by Crippen LogP contribution is -2.50. The third-order valence-electron chi connectivity index (χ3n) is 1.82. The van der Waals surface area contributed by atoms with Crippen LogP contribution in [0, 0.1) is 0 Å². The molecule has 0 unspecified atom stereocenters. The molecular weight excluding hydrogens is 168 g/mol. The van der Waals surface area contributed by atoms with E-state index in [4.69, 9.17) is 30.6 Å². The highest BCUT2D eigenvalue weighted by atomic mass is 16.4. The van der Waals surface area contributed by atoms with Gasteiger partial charge in [-0.25, -0.2) is 0 Å². The van der Waals surface area contributed by atoms with Crippen molar-refractivity contribution in [1.82, 2.24) is 0 Å². The van der Waals surface area contributed by atoms with Crippen molar-refractivity contribution in [2.24, 2.45) is 0 Å². The van der Waals surface area contributed by atoms with E-state index in [-0.39, 0.29) is 0 Å². The van der Waals surface area contributed by atoms with E-state index in [1.54, 1.807) is 0 Å². The molecule has 1 aliphatic carbocycles. The van der Waals surface area contributed by atoms with E-state index in [9.17, 15) is 0 Å². The Morgan fingerprint density at radius 3 is 1.17 bits per heavy atom. The predicted molar refractivity (Wildman–Crippen MR) is 36.3 cm³/mol. The maximum absolute atomic E-state index is 8.94. The lowest BCUT2D eigenvalue weighted by molar-refractivity contribution is -0.120. The van der Waals surface area contributed by atoms with Crippen LogP contribution in [0.2, 0.25) is 0 Å². The van der Waals surface area contributed by atoms with Crippen molar-refractivity contribution in [1.29, 1.82) is 0 Å². The molecule has 0 aliphatic heterocycles. The molecule has 0 fully saturated rings. The van der Waals surface area contributed by atoms with Gasteiger partial charge in [-0.15, -0.1) is 0 Å². The Morgan fingerprint density at radius 1 is 0.667 bits per heavy atom. The highest BCUT2D eigenvalue weighted by Crippen LogP contribution is 2.22. The molecule has 0 amide bonds. The molecule has 70 valence electrons. The molecule has 0 spiro atoms. The van der Waals surface area contributed by atoms with Gasteiger partial charge in [-0.2, -0.15) is 0 Å². The van der Waals surface area contributed by atoms with Crippen LogP contribution in [0.3, 0.4) is 0 Å². The summed E-state index contributed by atoms with van der Waals surface area (Å²) in [5, 5.41) is 53.4. The number of aliphatic hydroxyl groups excluding tert-OH is 6. The van der Waals surface area contributed by atoms with Crippen LogP contribution < -0.4 is 0 Å². The van der Waals surface area contributed by atoms with E-state index in [1.807, 2.05) is 0 Å². The van der Waals surface area contributed by atoms with Crippen molar-refractivity contribution in [3.05, 3.63) is 11.5 Å². The zero-order chi connectivity index (χ0) is 9.46. The molecule has 1 rings (SSSR count). The molecule has 6 N–H and O–H groups in total. The summed E-state index contributed by atoms with van der Waals surface area (Å²) < 4.78 is 0. The van der Waals surface area contributed by atoms with Crippen molar-refractivity contribution < 1.29 is 30.6 Å². The van der Waals surface area contributed by atoms with E-state index in [1.165, 1.54) is 0 Å². The Kier molecular flexibility index (Phi) is 2.25. The van der Waals surface area contributed by atoms with Gasteiger partial charge in [0.25, 0.3) is 0 Å². The highest BCUT2D eigenvalue weighted by molar-refractivity contribution is 5.18. The molecule has 1 aliphatic rings.